The third-order valence-electron chi connectivity index (χ3n) is 3.34. The molecule has 2 rings (SSSR count). The zero-order chi connectivity index (χ0) is 19.1. The number of amides is 2. The molecule has 0 saturated carbocycles. The second-order valence-electron chi connectivity index (χ2n) is 5.39. The molecule has 1 aromatic carbocycles. The van der Waals surface area contributed by atoms with E-state index < -0.39 is 5.91 Å². The molecular formula is C18H19N5O3. The lowest BCUT2D eigenvalue weighted by Crippen LogP contribution is -2.24. The Balaban J connectivity index is 2.13. The van der Waals surface area contributed by atoms with Gasteiger partial charge in [-0.25, -0.2) is 4.98 Å². The van der Waals surface area contributed by atoms with E-state index in [1.165, 1.54) is 13.0 Å². The van der Waals surface area contributed by atoms with E-state index in [1.807, 2.05) is 12.1 Å². The van der Waals surface area contributed by atoms with Crippen molar-refractivity contribution in [3.05, 3.63) is 47.2 Å². The summed E-state index contributed by atoms with van der Waals surface area (Å²) in [5.74, 6) is -0.591. The van der Waals surface area contributed by atoms with Gasteiger partial charge in [0.2, 0.25) is 11.8 Å². The van der Waals surface area contributed by atoms with E-state index in [1.54, 1.807) is 25.1 Å². The summed E-state index contributed by atoms with van der Waals surface area (Å²) < 4.78 is 5.28. The molecule has 0 spiro atoms. The van der Waals surface area contributed by atoms with Gasteiger partial charge >= 0.3 is 0 Å². The van der Waals surface area contributed by atoms with Gasteiger partial charge in [0.05, 0.1) is 12.3 Å². The lowest BCUT2D eigenvalue weighted by atomic mass is 10.2. The lowest BCUT2D eigenvalue weighted by Gasteiger charge is -2.10. The van der Waals surface area contributed by atoms with Crippen LogP contribution in [0.4, 0.5) is 11.4 Å². The van der Waals surface area contributed by atoms with E-state index in [0.717, 1.165) is 5.56 Å². The fourth-order valence-electron chi connectivity index (χ4n) is 2.25. The third-order valence-corrected chi connectivity index (χ3v) is 3.34. The summed E-state index contributed by atoms with van der Waals surface area (Å²) in [5.41, 5.74) is 7.55. The van der Waals surface area contributed by atoms with Crippen LogP contribution in [0.2, 0.25) is 0 Å². The first-order valence-corrected chi connectivity index (χ1v) is 7.92. The molecule has 0 saturated heterocycles. The number of benzene rings is 1. The summed E-state index contributed by atoms with van der Waals surface area (Å²) in [6.45, 7) is 3.69. The Hall–Kier alpha value is -3.60. The predicted molar refractivity (Wildman–Crippen MR) is 96.4 cm³/mol. The Kier molecular flexibility index (Phi) is 6.11. The van der Waals surface area contributed by atoms with Crippen molar-refractivity contribution >= 4 is 23.2 Å². The smallest absolute Gasteiger partial charge is 0.270 e. The van der Waals surface area contributed by atoms with Crippen LogP contribution in [-0.4, -0.2) is 23.4 Å². The van der Waals surface area contributed by atoms with Gasteiger partial charge in [-0.3, -0.25) is 9.59 Å². The maximum Gasteiger partial charge on any atom is 0.270 e. The maximum absolute atomic E-state index is 12.4. The van der Waals surface area contributed by atoms with Crippen LogP contribution in [0, 0.1) is 11.3 Å². The maximum atomic E-state index is 12.4. The average molecular weight is 353 g/mol. The molecule has 0 unspecified atom stereocenters. The van der Waals surface area contributed by atoms with Crippen molar-refractivity contribution in [1.82, 2.24) is 10.3 Å². The van der Waals surface area contributed by atoms with E-state index in [4.69, 9.17) is 15.7 Å². The summed E-state index contributed by atoms with van der Waals surface area (Å²) in [4.78, 5) is 27.5. The molecule has 26 heavy (non-hydrogen) atoms. The minimum Gasteiger partial charge on any atom is -0.477 e. The zero-order valence-electron chi connectivity index (χ0n) is 14.5. The molecule has 1 aromatic heterocycles. The summed E-state index contributed by atoms with van der Waals surface area (Å²) in [7, 11) is 0. The van der Waals surface area contributed by atoms with Gasteiger partial charge in [-0.15, -0.1) is 0 Å². The largest absolute Gasteiger partial charge is 0.477 e. The minimum atomic E-state index is -0.452. The van der Waals surface area contributed by atoms with E-state index in [2.05, 4.69) is 15.6 Å². The Labute approximate surface area is 151 Å². The monoisotopic (exact) mass is 353 g/mol. The first-order chi connectivity index (χ1) is 12.4. The van der Waals surface area contributed by atoms with Crippen LogP contribution in [0.25, 0.3) is 0 Å². The van der Waals surface area contributed by atoms with Gasteiger partial charge in [-0.05, 0) is 30.7 Å². The molecule has 0 bridgehead atoms. The fourth-order valence-corrected chi connectivity index (χ4v) is 2.25. The van der Waals surface area contributed by atoms with Crippen LogP contribution < -0.4 is 21.1 Å². The number of ether oxygens (including phenoxy) is 1. The number of rotatable bonds is 6. The summed E-state index contributed by atoms with van der Waals surface area (Å²) in [6, 6.07) is 10.4. The number of nitrogens with zero attached hydrogens (tertiary/aromatic N) is 2. The predicted octanol–water partition coefficient (Wildman–Crippen LogP) is 1.82. The summed E-state index contributed by atoms with van der Waals surface area (Å²) in [5, 5.41) is 14.5. The van der Waals surface area contributed by atoms with Gasteiger partial charge in [-0.1, -0.05) is 12.1 Å². The number of pyridine rings is 1. The van der Waals surface area contributed by atoms with Gasteiger partial charge in [-0.2, -0.15) is 5.26 Å². The van der Waals surface area contributed by atoms with Crippen LogP contribution in [0.1, 0.15) is 35.5 Å². The first-order valence-electron chi connectivity index (χ1n) is 7.92. The number of hydrogen-bond donors (Lipinski definition) is 3. The highest BCUT2D eigenvalue weighted by atomic mass is 16.5. The number of nitrogens with two attached hydrogens (primary N) is 1. The SMILES string of the molecule is CCOc1nc(C(=O)NCc2cccc(NC(C)=O)c2)cc(N)c1C#N. The highest BCUT2D eigenvalue weighted by Crippen LogP contribution is 2.22. The van der Waals surface area contributed by atoms with Crippen molar-refractivity contribution in [2.24, 2.45) is 0 Å². The van der Waals surface area contributed by atoms with Gasteiger partial charge < -0.3 is 21.1 Å². The highest BCUT2D eigenvalue weighted by Gasteiger charge is 2.16. The van der Waals surface area contributed by atoms with Crippen LogP contribution in [0.5, 0.6) is 5.88 Å². The van der Waals surface area contributed by atoms with Crippen molar-refractivity contribution in [1.29, 1.82) is 5.26 Å². The lowest BCUT2D eigenvalue weighted by molar-refractivity contribution is -0.114. The van der Waals surface area contributed by atoms with Crippen molar-refractivity contribution in [3.8, 4) is 11.9 Å². The molecule has 0 aliphatic rings. The van der Waals surface area contributed by atoms with Gasteiger partial charge in [0.25, 0.3) is 5.91 Å². The molecule has 0 fully saturated rings. The second kappa shape index (κ2) is 8.48. The van der Waals surface area contributed by atoms with Gasteiger partial charge in [0, 0.05) is 19.2 Å². The van der Waals surface area contributed by atoms with Crippen LogP contribution in [-0.2, 0) is 11.3 Å². The second-order valence-corrected chi connectivity index (χ2v) is 5.39. The Morgan fingerprint density at radius 2 is 2.12 bits per heavy atom. The summed E-state index contributed by atoms with van der Waals surface area (Å²) in [6.07, 6.45) is 0. The van der Waals surface area contributed by atoms with Crippen molar-refractivity contribution < 1.29 is 14.3 Å². The fraction of sp³-hybridized carbons (Fsp3) is 0.222. The molecule has 8 heteroatoms. The standard InChI is InChI=1S/C18H19N5O3/c1-3-26-18-14(9-19)15(20)8-16(23-18)17(25)21-10-12-5-4-6-13(7-12)22-11(2)24/h4-8H,3,10H2,1-2H3,(H2,20,23)(H,21,25)(H,22,24). The number of nitrogen functional groups attached to an aromatic ring is 1. The quantitative estimate of drug-likeness (QED) is 0.726. The average Bonchev–Trinajstić information content (AvgIpc) is 2.59. The molecule has 0 aliphatic carbocycles. The van der Waals surface area contributed by atoms with Crippen LogP contribution >= 0.6 is 0 Å². The molecule has 2 amide bonds. The third kappa shape index (κ3) is 4.70. The Morgan fingerprint density at radius 3 is 2.77 bits per heavy atom. The normalized spacial score (nSPS) is 9.88. The Bertz CT molecular complexity index is 874. The summed E-state index contributed by atoms with van der Waals surface area (Å²) >= 11 is 0. The molecule has 134 valence electrons. The van der Waals surface area contributed by atoms with Crippen LogP contribution in [0.3, 0.4) is 0 Å². The van der Waals surface area contributed by atoms with Crippen molar-refractivity contribution in [2.45, 2.75) is 20.4 Å². The van der Waals surface area contributed by atoms with E-state index in [0.29, 0.717) is 12.3 Å². The van der Waals surface area contributed by atoms with Crippen molar-refractivity contribution in [2.75, 3.05) is 17.7 Å². The topological polar surface area (TPSA) is 130 Å². The van der Waals surface area contributed by atoms with Gasteiger partial charge in [0.1, 0.15) is 17.3 Å². The molecule has 0 radical (unpaired) electrons. The van der Waals surface area contributed by atoms with E-state index >= 15 is 0 Å². The Morgan fingerprint density at radius 1 is 1.35 bits per heavy atom. The van der Waals surface area contributed by atoms with Gasteiger partial charge in [0.15, 0.2) is 0 Å². The molecule has 1 heterocycles. The number of nitriles is 1. The minimum absolute atomic E-state index is 0.0350. The molecule has 0 aliphatic heterocycles. The molecule has 8 nitrogen and oxygen atoms in total. The number of carbonyl (C=O) groups excluding carboxylic acids is 2. The number of aromatic nitrogens is 1. The highest BCUT2D eigenvalue weighted by molar-refractivity contribution is 5.93. The molecule has 2 aromatic rings. The van der Waals surface area contributed by atoms with E-state index in [9.17, 15) is 9.59 Å². The first kappa shape index (κ1) is 18.7. The zero-order valence-corrected chi connectivity index (χ0v) is 14.5. The van der Waals surface area contributed by atoms with Crippen molar-refractivity contribution in [3.63, 3.8) is 0 Å². The number of carbonyl (C=O) groups is 2. The van der Waals surface area contributed by atoms with Crippen LogP contribution in [0.15, 0.2) is 30.3 Å². The molecule has 0 atom stereocenters. The van der Waals surface area contributed by atoms with E-state index in [-0.39, 0.29) is 35.3 Å². The molecule has 4 N–H and O–H groups in total. The molecular weight excluding hydrogens is 334 g/mol. The number of nitrogens with one attached hydrogen (secondary N) is 2. The number of hydrogen-bond acceptors (Lipinski definition) is 6. The number of anilines is 2.